The van der Waals surface area contributed by atoms with Gasteiger partial charge in [0.05, 0.1) is 6.10 Å². The summed E-state index contributed by atoms with van der Waals surface area (Å²) in [5.74, 6) is -0.766. The highest BCUT2D eigenvalue weighted by atomic mass is 16.6. The topological polar surface area (TPSA) is 52.6 Å². The van der Waals surface area contributed by atoms with Crippen molar-refractivity contribution in [3.05, 3.63) is 30.3 Å². The molecule has 0 bridgehead atoms. The normalized spacial score (nSPS) is 9.94. The average Bonchev–Trinajstić information content (AvgIpc) is 2.17. The number of carbonyl (C=O) groups is 2. The number of benzene rings is 1. The molecule has 0 aliphatic heterocycles. The van der Waals surface area contributed by atoms with Gasteiger partial charge in [-0.25, -0.2) is 0 Å². The standard InChI is InChI=1S/C12H14O4/c1-9(2)15-11(13)8-12(14)16-10-6-4-3-5-7-10/h3-7,9H,8H2,1-2H3. The molecule has 0 saturated carbocycles. The second-order valence-electron chi connectivity index (χ2n) is 3.50. The Morgan fingerprint density at radius 1 is 1.12 bits per heavy atom. The van der Waals surface area contributed by atoms with Gasteiger partial charge in [0.1, 0.15) is 12.2 Å². The SMILES string of the molecule is CC(C)OC(=O)CC(=O)Oc1ccccc1. The van der Waals surface area contributed by atoms with Crippen LogP contribution in [0, 0.1) is 0 Å². The smallest absolute Gasteiger partial charge is 0.322 e. The second-order valence-corrected chi connectivity index (χ2v) is 3.50. The van der Waals surface area contributed by atoms with Crippen molar-refractivity contribution in [2.24, 2.45) is 0 Å². The molecule has 0 spiro atoms. The quantitative estimate of drug-likeness (QED) is 0.444. The van der Waals surface area contributed by atoms with Crippen LogP contribution in [0.15, 0.2) is 30.3 Å². The molecule has 1 rings (SSSR count). The van der Waals surface area contributed by atoms with Gasteiger partial charge in [-0.15, -0.1) is 0 Å². The van der Waals surface area contributed by atoms with Crippen molar-refractivity contribution < 1.29 is 19.1 Å². The van der Waals surface area contributed by atoms with E-state index in [1.165, 1.54) is 0 Å². The van der Waals surface area contributed by atoms with Gasteiger partial charge in [-0.3, -0.25) is 9.59 Å². The van der Waals surface area contributed by atoms with Gasteiger partial charge in [0.15, 0.2) is 0 Å². The molecule has 0 unspecified atom stereocenters. The Kier molecular flexibility index (Phi) is 4.51. The van der Waals surface area contributed by atoms with Crippen LogP contribution < -0.4 is 4.74 Å². The molecule has 0 aromatic heterocycles. The van der Waals surface area contributed by atoms with Gasteiger partial charge in [0.2, 0.25) is 0 Å². The van der Waals surface area contributed by atoms with E-state index < -0.39 is 11.9 Å². The van der Waals surface area contributed by atoms with Crippen LogP contribution in [-0.4, -0.2) is 18.0 Å². The minimum atomic E-state index is -0.614. The Morgan fingerprint density at radius 3 is 2.31 bits per heavy atom. The van der Waals surface area contributed by atoms with Crippen LogP contribution in [0.2, 0.25) is 0 Å². The maximum Gasteiger partial charge on any atom is 0.322 e. The molecular formula is C12H14O4. The molecule has 0 amide bonds. The van der Waals surface area contributed by atoms with Crippen LogP contribution in [0.4, 0.5) is 0 Å². The van der Waals surface area contributed by atoms with Crippen LogP contribution in [0.3, 0.4) is 0 Å². The van der Waals surface area contributed by atoms with Gasteiger partial charge in [-0.2, -0.15) is 0 Å². The number of esters is 2. The van der Waals surface area contributed by atoms with Crippen LogP contribution >= 0.6 is 0 Å². The highest BCUT2D eigenvalue weighted by molar-refractivity contribution is 5.92. The van der Waals surface area contributed by atoms with Crippen molar-refractivity contribution >= 4 is 11.9 Å². The molecule has 16 heavy (non-hydrogen) atoms. The predicted octanol–water partition coefficient (Wildman–Crippen LogP) is 1.93. The van der Waals surface area contributed by atoms with E-state index in [1.807, 2.05) is 6.07 Å². The van der Waals surface area contributed by atoms with E-state index in [4.69, 9.17) is 9.47 Å². The van der Waals surface area contributed by atoms with E-state index in [0.717, 1.165) is 0 Å². The van der Waals surface area contributed by atoms with Crippen LogP contribution in [0.1, 0.15) is 20.3 Å². The molecule has 0 saturated heterocycles. The maximum atomic E-state index is 11.3. The third-order valence-electron chi connectivity index (χ3n) is 1.63. The molecule has 1 aromatic rings. The number of rotatable bonds is 4. The zero-order chi connectivity index (χ0) is 12.0. The fourth-order valence-electron chi connectivity index (χ4n) is 1.08. The van der Waals surface area contributed by atoms with E-state index in [9.17, 15) is 9.59 Å². The first-order valence-electron chi connectivity index (χ1n) is 5.03. The minimum Gasteiger partial charge on any atom is -0.463 e. The molecule has 0 aliphatic rings. The number of ether oxygens (including phenoxy) is 2. The van der Waals surface area contributed by atoms with Crippen LogP contribution in [0.25, 0.3) is 0 Å². The maximum absolute atomic E-state index is 11.3. The lowest BCUT2D eigenvalue weighted by atomic mass is 10.3. The zero-order valence-electron chi connectivity index (χ0n) is 9.30. The third-order valence-corrected chi connectivity index (χ3v) is 1.63. The summed E-state index contributed by atoms with van der Waals surface area (Å²) in [6, 6.07) is 8.59. The third kappa shape index (κ3) is 4.59. The van der Waals surface area contributed by atoms with Crippen LogP contribution in [0.5, 0.6) is 5.75 Å². The minimum absolute atomic E-state index is 0.225. The van der Waals surface area contributed by atoms with E-state index >= 15 is 0 Å². The van der Waals surface area contributed by atoms with Crippen molar-refractivity contribution in [1.29, 1.82) is 0 Å². The average molecular weight is 222 g/mol. The molecule has 4 nitrogen and oxygen atoms in total. The summed E-state index contributed by atoms with van der Waals surface area (Å²) < 4.78 is 9.75. The number of hydrogen-bond acceptors (Lipinski definition) is 4. The molecule has 1 aromatic carbocycles. The molecule has 0 aliphatic carbocycles. The van der Waals surface area contributed by atoms with Gasteiger partial charge in [0, 0.05) is 0 Å². The summed E-state index contributed by atoms with van der Waals surface area (Å²) in [5, 5.41) is 0. The molecule has 0 atom stereocenters. The molecule has 0 heterocycles. The fraction of sp³-hybridized carbons (Fsp3) is 0.333. The lowest BCUT2D eigenvalue weighted by Crippen LogP contribution is -2.18. The summed E-state index contributed by atoms with van der Waals surface area (Å²) in [5.41, 5.74) is 0. The van der Waals surface area contributed by atoms with Gasteiger partial charge < -0.3 is 9.47 Å². The monoisotopic (exact) mass is 222 g/mol. The van der Waals surface area contributed by atoms with E-state index in [2.05, 4.69) is 0 Å². The van der Waals surface area contributed by atoms with Crippen molar-refractivity contribution in [3.63, 3.8) is 0 Å². The molecule has 0 N–H and O–H groups in total. The largest absolute Gasteiger partial charge is 0.463 e. The second kappa shape index (κ2) is 5.90. The first-order chi connectivity index (χ1) is 7.58. The molecule has 0 fully saturated rings. The van der Waals surface area contributed by atoms with Crippen molar-refractivity contribution in [2.45, 2.75) is 26.4 Å². The van der Waals surface area contributed by atoms with Gasteiger partial charge in [-0.1, -0.05) is 18.2 Å². The molecular weight excluding hydrogens is 208 g/mol. The Balaban J connectivity index is 2.39. The Labute approximate surface area is 94.2 Å². The number of para-hydroxylation sites is 1. The molecule has 86 valence electrons. The summed E-state index contributed by atoms with van der Waals surface area (Å²) in [4.78, 5) is 22.4. The number of hydrogen-bond donors (Lipinski definition) is 0. The summed E-state index contributed by atoms with van der Waals surface area (Å²) in [6.07, 6.45) is -0.593. The zero-order valence-corrected chi connectivity index (χ0v) is 9.30. The molecule has 4 heteroatoms. The fourth-order valence-corrected chi connectivity index (χ4v) is 1.08. The lowest BCUT2D eigenvalue weighted by Gasteiger charge is -2.07. The van der Waals surface area contributed by atoms with Crippen LogP contribution in [-0.2, 0) is 14.3 Å². The van der Waals surface area contributed by atoms with E-state index in [-0.39, 0.29) is 12.5 Å². The van der Waals surface area contributed by atoms with E-state index in [0.29, 0.717) is 5.75 Å². The van der Waals surface area contributed by atoms with Crippen molar-refractivity contribution in [3.8, 4) is 5.75 Å². The lowest BCUT2D eigenvalue weighted by molar-refractivity contribution is -0.152. The van der Waals surface area contributed by atoms with Gasteiger partial charge in [0.25, 0.3) is 0 Å². The summed E-state index contributed by atoms with van der Waals surface area (Å²) in [6.45, 7) is 3.45. The van der Waals surface area contributed by atoms with Crippen molar-refractivity contribution in [2.75, 3.05) is 0 Å². The Bertz CT molecular complexity index is 357. The predicted molar refractivity (Wildman–Crippen MR) is 57.9 cm³/mol. The highest BCUT2D eigenvalue weighted by Crippen LogP contribution is 2.09. The van der Waals surface area contributed by atoms with Gasteiger partial charge >= 0.3 is 11.9 Å². The summed E-state index contributed by atoms with van der Waals surface area (Å²) >= 11 is 0. The summed E-state index contributed by atoms with van der Waals surface area (Å²) in [7, 11) is 0. The first kappa shape index (κ1) is 12.2. The first-order valence-corrected chi connectivity index (χ1v) is 5.03. The van der Waals surface area contributed by atoms with Gasteiger partial charge in [-0.05, 0) is 26.0 Å². The Hall–Kier alpha value is -1.84. The van der Waals surface area contributed by atoms with E-state index in [1.54, 1.807) is 38.1 Å². The Morgan fingerprint density at radius 2 is 1.75 bits per heavy atom. The number of carbonyl (C=O) groups excluding carboxylic acids is 2. The highest BCUT2D eigenvalue weighted by Gasteiger charge is 2.13. The van der Waals surface area contributed by atoms with Crippen molar-refractivity contribution in [1.82, 2.24) is 0 Å². The molecule has 0 radical (unpaired) electrons.